The predicted molar refractivity (Wildman–Crippen MR) is 197 cm³/mol. The van der Waals surface area contributed by atoms with Gasteiger partial charge in [-0.1, -0.05) is 53.7 Å². The number of carbonyl (C=O) groups is 2. The van der Waals surface area contributed by atoms with Gasteiger partial charge in [0, 0.05) is 35.3 Å². The number of amides is 1. The maximum absolute atomic E-state index is 12.4. The summed E-state index contributed by atoms with van der Waals surface area (Å²) in [4.78, 5) is 36.6. The van der Waals surface area contributed by atoms with E-state index in [9.17, 15) is 20.1 Å². The van der Waals surface area contributed by atoms with Crippen molar-refractivity contribution in [2.45, 2.75) is 62.4 Å². The fraction of sp³-hybridized carbons (Fsp3) is 0.368. The standard InChI is InChI=1S/C38H39N7O4S2/c1-24-7-9-27(10-8-24)36-43-28(22-50-36)23-51-37-31(21-40)33(30(20-39)34(44-37)45-16-3-4-17-45)26-11-13-29(14-12-26)48-18-19-49-38(47)25(2)42-35(46)32-6-5-15-41-32/h7-14,22,25,32,41H,3-6,15-19,23H2,1-2H3,(H,42,46)/t25-,32-/m0/s1. The molecule has 2 aliphatic heterocycles. The molecule has 2 aromatic carbocycles. The van der Waals surface area contributed by atoms with Gasteiger partial charge in [0.1, 0.15) is 58.6 Å². The Kier molecular flexibility index (Phi) is 11.8. The molecule has 2 aromatic heterocycles. The van der Waals surface area contributed by atoms with Crippen LogP contribution in [-0.4, -0.2) is 66.8 Å². The third-order valence-corrected chi connectivity index (χ3v) is 10.8. The van der Waals surface area contributed by atoms with Gasteiger partial charge >= 0.3 is 5.97 Å². The zero-order chi connectivity index (χ0) is 35.7. The number of carbonyl (C=O) groups excluding carboxylic acids is 2. The molecule has 0 spiro atoms. The Morgan fingerprint density at radius 2 is 1.75 bits per heavy atom. The third-order valence-electron chi connectivity index (χ3n) is 8.81. The van der Waals surface area contributed by atoms with Crippen LogP contribution in [0.5, 0.6) is 5.75 Å². The van der Waals surface area contributed by atoms with E-state index in [2.05, 4.69) is 58.9 Å². The van der Waals surface area contributed by atoms with Crippen molar-refractivity contribution in [1.82, 2.24) is 20.6 Å². The molecule has 2 aliphatic rings. The molecular weight excluding hydrogens is 683 g/mol. The molecule has 0 radical (unpaired) electrons. The van der Waals surface area contributed by atoms with Crippen LogP contribution in [0.15, 0.2) is 58.9 Å². The number of aromatic nitrogens is 2. The summed E-state index contributed by atoms with van der Waals surface area (Å²) in [6.45, 7) is 6.16. The van der Waals surface area contributed by atoms with Crippen LogP contribution in [0, 0.1) is 29.6 Å². The van der Waals surface area contributed by atoms with Gasteiger partial charge in [-0.3, -0.25) is 4.79 Å². The highest BCUT2D eigenvalue weighted by atomic mass is 32.2. The molecule has 0 saturated carbocycles. The Hall–Kier alpha value is -4.95. The van der Waals surface area contributed by atoms with Crippen molar-refractivity contribution < 1.29 is 19.1 Å². The molecule has 0 unspecified atom stereocenters. The van der Waals surface area contributed by atoms with E-state index in [0.717, 1.165) is 61.6 Å². The van der Waals surface area contributed by atoms with Gasteiger partial charge in [0.15, 0.2) is 0 Å². The van der Waals surface area contributed by atoms with Crippen LogP contribution in [0.4, 0.5) is 5.82 Å². The summed E-state index contributed by atoms with van der Waals surface area (Å²) in [5.41, 5.74) is 5.11. The number of thioether (sulfide) groups is 1. The Balaban J connectivity index is 1.15. The van der Waals surface area contributed by atoms with E-state index >= 15 is 0 Å². The van der Waals surface area contributed by atoms with Crippen molar-refractivity contribution in [3.05, 3.63) is 76.3 Å². The molecule has 13 heteroatoms. The smallest absolute Gasteiger partial charge is 0.328 e. The number of pyridine rings is 1. The van der Waals surface area contributed by atoms with Crippen LogP contribution in [0.1, 0.15) is 55.0 Å². The predicted octanol–water partition coefficient (Wildman–Crippen LogP) is 6.00. The van der Waals surface area contributed by atoms with E-state index in [1.807, 2.05) is 17.5 Å². The molecule has 0 bridgehead atoms. The van der Waals surface area contributed by atoms with Gasteiger partial charge in [0.05, 0.1) is 17.3 Å². The van der Waals surface area contributed by atoms with E-state index in [1.54, 1.807) is 30.4 Å². The number of rotatable bonds is 13. The summed E-state index contributed by atoms with van der Waals surface area (Å²) < 4.78 is 11.1. The van der Waals surface area contributed by atoms with Crippen molar-refractivity contribution in [2.75, 3.05) is 37.7 Å². The summed E-state index contributed by atoms with van der Waals surface area (Å²) in [5, 5.41) is 30.2. The first-order valence-electron chi connectivity index (χ1n) is 17.1. The van der Waals surface area contributed by atoms with Crippen LogP contribution in [-0.2, 0) is 20.1 Å². The second-order valence-electron chi connectivity index (χ2n) is 12.5. The van der Waals surface area contributed by atoms with Crippen molar-refractivity contribution in [1.29, 1.82) is 10.5 Å². The third kappa shape index (κ3) is 8.68. The lowest BCUT2D eigenvalue weighted by atomic mass is 9.96. The molecule has 2 fully saturated rings. The average molecular weight is 722 g/mol. The van der Waals surface area contributed by atoms with E-state index in [1.165, 1.54) is 17.3 Å². The van der Waals surface area contributed by atoms with Gasteiger partial charge in [-0.25, -0.2) is 14.8 Å². The SMILES string of the molecule is Cc1ccc(-c2nc(CSc3nc(N4CCCC4)c(C#N)c(-c4ccc(OCCOC(=O)[C@H](C)NC(=O)[C@@H]5CCCN5)cc4)c3C#N)cs2)cc1. The van der Waals surface area contributed by atoms with Crippen molar-refractivity contribution in [3.63, 3.8) is 0 Å². The lowest BCUT2D eigenvalue weighted by Gasteiger charge is -2.22. The summed E-state index contributed by atoms with van der Waals surface area (Å²) in [6, 6.07) is 19.1. The van der Waals surface area contributed by atoms with Crippen LogP contribution >= 0.6 is 23.1 Å². The second kappa shape index (κ2) is 16.8. The maximum Gasteiger partial charge on any atom is 0.328 e. The van der Waals surface area contributed by atoms with Gasteiger partial charge < -0.3 is 25.0 Å². The van der Waals surface area contributed by atoms with Gasteiger partial charge in [-0.05, 0) is 63.8 Å². The minimum Gasteiger partial charge on any atom is -0.490 e. The number of thiazole rings is 1. The maximum atomic E-state index is 12.4. The highest BCUT2D eigenvalue weighted by Crippen LogP contribution is 2.40. The summed E-state index contributed by atoms with van der Waals surface area (Å²) in [5.74, 6) is 0.922. The summed E-state index contributed by atoms with van der Waals surface area (Å²) in [7, 11) is 0. The number of anilines is 1. The highest BCUT2D eigenvalue weighted by molar-refractivity contribution is 7.98. The fourth-order valence-corrected chi connectivity index (χ4v) is 7.89. The number of nitriles is 2. The molecule has 4 aromatic rings. The monoisotopic (exact) mass is 721 g/mol. The Morgan fingerprint density at radius 3 is 2.43 bits per heavy atom. The van der Waals surface area contributed by atoms with E-state index in [0.29, 0.717) is 44.6 Å². The van der Waals surface area contributed by atoms with Crippen molar-refractivity contribution in [3.8, 4) is 39.6 Å². The summed E-state index contributed by atoms with van der Waals surface area (Å²) in [6.07, 6.45) is 3.70. The summed E-state index contributed by atoms with van der Waals surface area (Å²) >= 11 is 3.03. The van der Waals surface area contributed by atoms with E-state index in [4.69, 9.17) is 19.4 Å². The van der Waals surface area contributed by atoms with Crippen LogP contribution in [0.2, 0.25) is 0 Å². The quantitative estimate of drug-likeness (QED) is 0.0951. The lowest BCUT2D eigenvalue weighted by Crippen LogP contribution is -2.47. The number of ether oxygens (including phenoxy) is 2. The molecule has 2 atom stereocenters. The van der Waals surface area contributed by atoms with Gasteiger partial charge in [-0.2, -0.15) is 10.5 Å². The van der Waals surface area contributed by atoms with Gasteiger partial charge in [0.2, 0.25) is 5.91 Å². The lowest BCUT2D eigenvalue weighted by molar-refractivity contribution is -0.148. The first-order chi connectivity index (χ1) is 24.8. The number of aryl methyl sites for hydroxylation is 1. The first-order valence-corrected chi connectivity index (χ1v) is 18.9. The van der Waals surface area contributed by atoms with E-state index < -0.39 is 12.0 Å². The molecule has 51 heavy (non-hydrogen) atoms. The molecule has 2 saturated heterocycles. The zero-order valence-corrected chi connectivity index (χ0v) is 30.2. The number of hydrogen-bond acceptors (Lipinski definition) is 12. The number of nitrogens with one attached hydrogen (secondary N) is 2. The molecule has 2 N–H and O–H groups in total. The van der Waals surface area contributed by atoms with Gasteiger partial charge in [0.25, 0.3) is 0 Å². The molecule has 6 rings (SSSR count). The average Bonchev–Trinajstić information content (AvgIpc) is 3.97. The number of benzene rings is 2. The fourth-order valence-electron chi connectivity index (χ4n) is 6.08. The Bertz CT molecular complexity index is 1940. The Labute approximate surface area is 306 Å². The number of esters is 1. The topological polar surface area (TPSA) is 153 Å². The van der Waals surface area contributed by atoms with Crippen molar-refractivity contribution in [2.24, 2.45) is 0 Å². The largest absolute Gasteiger partial charge is 0.490 e. The Morgan fingerprint density at radius 1 is 1.02 bits per heavy atom. The molecule has 262 valence electrons. The van der Waals surface area contributed by atoms with Crippen LogP contribution in [0.3, 0.4) is 0 Å². The normalized spacial score (nSPS) is 15.9. The first kappa shape index (κ1) is 35.9. The highest BCUT2D eigenvalue weighted by Gasteiger charge is 2.27. The molecule has 4 heterocycles. The van der Waals surface area contributed by atoms with Crippen LogP contribution < -0.4 is 20.3 Å². The van der Waals surface area contributed by atoms with Gasteiger partial charge in [-0.15, -0.1) is 11.3 Å². The van der Waals surface area contributed by atoms with Crippen LogP contribution in [0.25, 0.3) is 21.7 Å². The number of hydrogen-bond donors (Lipinski definition) is 2. The zero-order valence-electron chi connectivity index (χ0n) is 28.6. The minimum absolute atomic E-state index is 0.00919. The minimum atomic E-state index is -0.769. The molecule has 0 aliphatic carbocycles. The molecule has 1 amide bonds. The second-order valence-corrected chi connectivity index (χ2v) is 14.3. The molecule has 11 nitrogen and oxygen atoms in total. The van der Waals surface area contributed by atoms with E-state index in [-0.39, 0.29) is 25.2 Å². The number of nitrogens with zero attached hydrogens (tertiary/aromatic N) is 5. The van der Waals surface area contributed by atoms with Crippen molar-refractivity contribution >= 4 is 40.8 Å². The molecular formula is C38H39N7O4S2.